The van der Waals surface area contributed by atoms with Crippen LogP contribution < -0.4 is 10.1 Å². The summed E-state index contributed by atoms with van der Waals surface area (Å²) in [6, 6.07) is 12.6. The van der Waals surface area contributed by atoms with E-state index in [0.717, 1.165) is 19.3 Å². The quantitative estimate of drug-likeness (QED) is 0.858. The number of carbonyl (C=O) groups excluding carboxylic acids is 2. The normalized spacial score (nSPS) is 12.4. The number of anilines is 1. The summed E-state index contributed by atoms with van der Waals surface area (Å²) >= 11 is 0. The van der Waals surface area contributed by atoms with E-state index in [4.69, 9.17) is 9.47 Å². The molecule has 124 valence electrons. The molecule has 5 heteroatoms. The van der Waals surface area contributed by atoms with Crippen LogP contribution in [0.1, 0.15) is 27.9 Å². The van der Waals surface area contributed by atoms with E-state index in [9.17, 15) is 9.59 Å². The summed E-state index contributed by atoms with van der Waals surface area (Å²) in [6.07, 6.45) is 3.17. The molecule has 0 atom stereocenters. The zero-order valence-electron chi connectivity index (χ0n) is 13.5. The van der Waals surface area contributed by atoms with Gasteiger partial charge < -0.3 is 14.8 Å². The van der Waals surface area contributed by atoms with Crippen LogP contribution in [-0.4, -0.2) is 25.6 Å². The number of nitrogens with one attached hydrogen (secondary N) is 1. The molecule has 0 saturated carbocycles. The van der Waals surface area contributed by atoms with Gasteiger partial charge >= 0.3 is 5.97 Å². The van der Waals surface area contributed by atoms with E-state index >= 15 is 0 Å². The van der Waals surface area contributed by atoms with Crippen molar-refractivity contribution in [2.45, 2.75) is 19.3 Å². The summed E-state index contributed by atoms with van der Waals surface area (Å²) < 4.78 is 10.3. The standard InChI is InChI=1S/C19H19NO4/c1-23-17-8-3-2-7-16(17)20-18(21)12-24-19(22)15-10-9-13-5-4-6-14(13)11-15/h2-3,7-11H,4-6,12H2,1H3,(H,20,21). The van der Waals surface area contributed by atoms with Gasteiger partial charge in [-0.2, -0.15) is 0 Å². The van der Waals surface area contributed by atoms with Crippen LogP contribution in [0.2, 0.25) is 0 Å². The first kappa shape index (κ1) is 16.1. The molecule has 0 unspecified atom stereocenters. The van der Waals surface area contributed by atoms with Gasteiger partial charge in [0, 0.05) is 0 Å². The van der Waals surface area contributed by atoms with Crippen LogP contribution in [0, 0.1) is 0 Å². The van der Waals surface area contributed by atoms with Gasteiger partial charge in [0.2, 0.25) is 0 Å². The van der Waals surface area contributed by atoms with E-state index in [1.165, 1.54) is 18.2 Å². The Morgan fingerprint density at radius 2 is 1.88 bits per heavy atom. The molecule has 2 aromatic rings. The highest BCUT2D eigenvalue weighted by atomic mass is 16.5. The lowest BCUT2D eigenvalue weighted by Gasteiger charge is -2.10. The molecule has 0 saturated heterocycles. The lowest BCUT2D eigenvalue weighted by atomic mass is 10.1. The average Bonchev–Trinajstić information content (AvgIpc) is 3.07. The van der Waals surface area contributed by atoms with Crippen molar-refractivity contribution in [2.24, 2.45) is 0 Å². The van der Waals surface area contributed by atoms with Crippen LogP contribution in [0.4, 0.5) is 5.69 Å². The minimum Gasteiger partial charge on any atom is -0.495 e. The first-order valence-corrected chi connectivity index (χ1v) is 7.89. The van der Waals surface area contributed by atoms with Gasteiger partial charge in [0.1, 0.15) is 5.75 Å². The number of rotatable bonds is 5. The smallest absolute Gasteiger partial charge is 0.338 e. The molecule has 2 aromatic carbocycles. The van der Waals surface area contributed by atoms with Crippen molar-refractivity contribution in [3.8, 4) is 5.75 Å². The number of amides is 1. The zero-order chi connectivity index (χ0) is 16.9. The number of hydrogen-bond acceptors (Lipinski definition) is 4. The second-order valence-electron chi connectivity index (χ2n) is 5.66. The lowest BCUT2D eigenvalue weighted by Crippen LogP contribution is -2.21. The fourth-order valence-corrected chi connectivity index (χ4v) is 2.85. The minimum absolute atomic E-state index is 0.339. The summed E-state index contributed by atoms with van der Waals surface area (Å²) in [5, 5.41) is 2.67. The molecule has 0 fully saturated rings. The van der Waals surface area contributed by atoms with Crippen LogP contribution in [0.25, 0.3) is 0 Å². The monoisotopic (exact) mass is 325 g/mol. The van der Waals surface area contributed by atoms with Crippen molar-refractivity contribution in [3.05, 3.63) is 59.2 Å². The molecule has 0 heterocycles. The van der Waals surface area contributed by atoms with Crippen LogP contribution in [0.5, 0.6) is 5.75 Å². The highest BCUT2D eigenvalue weighted by molar-refractivity contribution is 5.96. The van der Waals surface area contributed by atoms with Gasteiger partial charge in [-0.15, -0.1) is 0 Å². The number of esters is 1. The molecule has 0 aliphatic heterocycles. The van der Waals surface area contributed by atoms with Crippen molar-refractivity contribution >= 4 is 17.6 Å². The number of carbonyl (C=O) groups is 2. The summed E-state index contributed by atoms with van der Waals surface area (Å²) in [5.41, 5.74) is 3.52. The topological polar surface area (TPSA) is 64.6 Å². The predicted octanol–water partition coefficient (Wildman–Crippen LogP) is 2.98. The molecule has 0 bridgehead atoms. The number of para-hydroxylation sites is 2. The Labute approximate surface area is 140 Å². The number of methoxy groups -OCH3 is 1. The number of ether oxygens (including phenoxy) is 2. The highest BCUT2D eigenvalue weighted by Crippen LogP contribution is 2.24. The molecule has 24 heavy (non-hydrogen) atoms. The van der Waals surface area contributed by atoms with Crippen molar-refractivity contribution < 1.29 is 19.1 Å². The molecule has 3 rings (SSSR count). The first-order chi connectivity index (χ1) is 11.7. The summed E-state index contributed by atoms with van der Waals surface area (Å²) in [4.78, 5) is 24.1. The highest BCUT2D eigenvalue weighted by Gasteiger charge is 2.16. The van der Waals surface area contributed by atoms with E-state index in [-0.39, 0.29) is 6.61 Å². The van der Waals surface area contributed by atoms with E-state index in [0.29, 0.717) is 17.0 Å². The SMILES string of the molecule is COc1ccccc1NC(=O)COC(=O)c1ccc2c(c1)CCC2. The molecular weight excluding hydrogens is 306 g/mol. The van der Waals surface area contributed by atoms with E-state index in [2.05, 4.69) is 5.32 Å². The molecule has 1 amide bonds. The minimum atomic E-state index is -0.486. The van der Waals surface area contributed by atoms with Gasteiger partial charge in [-0.05, 0) is 54.7 Å². The fraction of sp³-hybridized carbons (Fsp3) is 0.263. The average molecular weight is 325 g/mol. The Hall–Kier alpha value is -2.82. The molecule has 1 aliphatic rings. The molecular formula is C19H19NO4. The molecule has 1 N–H and O–H groups in total. The molecule has 0 radical (unpaired) electrons. The Morgan fingerprint density at radius 1 is 1.08 bits per heavy atom. The first-order valence-electron chi connectivity index (χ1n) is 7.89. The van der Waals surface area contributed by atoms with Crippen molar-refractivity contribution in [1.82, 2.24) is 0 Å². The summed E-state index contributed by atoms with van der Waals surface area (Å²) in [5.74, 6) is -0.343. The van der Waals surface area contributed by atoms with Crippen LogP contribution in [-0.2, 0) is 22.4 Å². The number of benzene rings is 2. The van der Waals surface area contributed by atoms with E-state index < -0.39 is 11.9 Å². The van der Waals surface area contributed by atoms with Crippen LogP contribution >= 0.6 is 0 Å². The fourth-order valence-electron chi connectivity index (χ4n) is 2.85. The van der Waals surface area contributed by atoms with Gasteiger partial charge in [-0.3, -0.25) is 4.79 Å². The Morgan fingerprint density at radius 3 is 2.71 bits per heavy atom. The molecule has 5 nitrogen and oxygen atoms in total. The van der Waals surface area contributed by atoms with E-state index in [1.54, 1.807) is 24.3 Å². The Bertz CT molecular complexity index is 770. The summed E-state index contributed by atoms with van der Waals surface area (Å²) in [6.45, 7) is -0.339. The lowest BCUT2D eigenvalue weighted by molar-refractivity contribution is -0.119. The maximum absolute atomic E-state index is 12.1. The van der Waals surface area contributed by atoms with Crippen LogP contribution in [0.3, 0.4) is 0 Å². The van der Waals surface area contributed by atoms with Gasteiger partial charge in [0.15, 0.2) is 6.61 Å². The second kappa shape index (κ2) is 7.17. The molecule has 1 aliphatic carbocycles. The third kappa shape index (κ3) is 3.56. The third-order valence-corrected chi connectivity index (χ3v) is 4.05. The van der Waals surface area contributed by atoms with E-state index in [1.807, 2.05) is 18.2 Å². The number of hydrogen-bond donors (Lipinski definition) is 1. The van der Waals surface area contributed by atoms with Gasteiger partial charge in [-0.25, -0.2) is 4.79 Å². The zero-order valence-corrected chi connectivity index (χ0v) is 13.5. The largest absolute Gasteiger partial charge is 0.495 e. The number of fused-ring (bicyclic) bond motifs is 1. The van der Waals surface area contributed by atoms with Crippen molar-refractivity contribution in [2.75, 3.05) is 19.0 Å². The van der Waals surface area contributed by atoms with Crippen molar-refractivity contribution in [1.29, 1.82) is 0 Å². The van der Waals surface area contributed by atoms with Crippen LogP contribution in [0.15, 0.2) is 42.5 Å². The van der Waals surface area contributed by atoms with Gasteiger partial charge in [0.05, 0.1) is 18.4 Å². The molecule has 0 spiro atoms. The van der Waals surface area contributed by atoms with Gasteiger partial charge in [-0.1, -0.05) is 18.2 Å². The second-order valence-corrected chi connectivity index (χ2v) is 5.66. The maximum atomic E-state index is 12.1. The van der Waals surface area contributed by atoms with Crippen molar-refractivity contribution in [3.63, 3.8) is 0 Å². The molecule has 0 aromatic heterocycles. The van der Waals surface area contributed by atoms with Gasteiger partial charge in [0.25, 0.3) is 5.91 Å². The Balaban J connectivity index is 1.57. The number of aryl methyl sites for hydroxylation is 2. The predicted molar refractivity (Wildman–Crippen MR) is 90.4 cm³/mol. The maximum Gasteiger partial charge on any atom is 0.338 e. The Kier molecular flexibility index (Phi) is 4.79. The summed E-state index contributed by atoms with van der Waals surface area (Å²) in [7, 11) is 1.53. The third-order valence-electron chi connectivity index (χ3n) is 4.05.